The van der Waals surface area contributed by atoms with E-state index in [1.165, 1.54) is 12.7 Å². The molecule has 0 aromatic heterocycles. The lowest BCUT2D eigenvalue weighted by Crippen LogP contribution is -2.54. The van der Waals surface area contributed by atoms with Crippen molar-refractivity contribution in [3.8, 4) is 0 Å². The lowest BCUT2D eigenvalue weighted by molar-refractivity contribution is -0.144. The zero-order chi connectivity index (χ0) is 20.6. The number of amides is 2. The maximum Gasteiger partial charge on any atom is 0.248 e. The van der Waals surface area contributed by atoms with Crippen molar-refractivity contribution < 1.29 is 19.1 Å². The number of carbonyl (C=O) groups excluding carboxylic acids is 2. The number of nitrogens with zero attached hydrogens (tertiary/aromatic N) is 3. The first kappa shape index (κ1) is 21.7. The highest BCUT2D eigenvalue weighted by Gasteiger charge is 2.36. The Hall–Kier alpha value is -1.96. The SMILES string of the molecule is COCCN1CCN(C(=O)C2CC(c3ccccc3)CN(C(=O)COC)C2)CC1. The molecule has 1 aromatic carbocycles. The Balaban J connectivity index is 1.66. The molecule has 2 fully saturated rings. The van der Waals surface area contributed by atoms with E-state index in [4.69, 9.17) is 9.47 Å². The summed E-state index contributed by atoms with van der Waals surface area (Å²) in [6.07, 6.45) is 0.781. The van der Waals surface area contributed by atoms with Gasteiger partial charge >= 0.3 is 0 Å². The number of benzene rings is 1. The molecule has 7 heteroatoms. The summed E-state index contributed by atoms with van der Waals surface area (Å²) in [5.41, 5.74) is 1.18. The first-order valence-corrected chi connectivity index (χ1v) is 10.4. The van der Waals surface area contributed by atoms with E-state index in [2.05, 4.69) is 17.0 Å². The molecule has 0 spiro atoms. The van der Waals surface area contributed by atoms with Crippen LogP contribution in [-0.2, 0) is 19.1 Å². The Labute approximate surface area is 173 Å². The average Bonchev–Trinajstić information content (AvgIpc) is 2.78. The van der Waals surface area contributed by atoms with E-state index in [-0.39, 0.29) is 30.3 Å². The van der Waals surface area contributed by atoms with Crippen molar-refractivity contribution in [2.45, 2.75) is 12.3 Å². The van der Waals surface area contributed by atoms with Crippen LogP contribution in [-0.4, -0.2) is 99.8 Å². The maximum absolute atomic E-state index is 13.3. The Morgan fingerprint density at radius 3 is 2.34 bits per heavy atom. The van der Waals surface area contributed by atoms with E-state index in [1.807, 2.05) is 28.0 Å². The summed E-state index contributed by atoms with van der Waals surface area (Å²) in [5.74, 6) is 0.130. The number of carbonyl (C=O) groups is 2. The van der Waals surface area contributed by atoms with Gasteiger partial charge in [0.25, 0.3) is 0 Å². The van der Waals surface area contributed by atoms with E-state index < -0.39 is 0 Å². The minimum absolute atomic E-state index is 0.0460. The van der Waals surface area contributed by atoms with Crippen molar-refractivity contribution in [2.24, 2.45) is 5.92 Å². The van der Waals surface area contributed by atoms with Gasteiger partial charge in [0.15, 0.2) is 0 Å². The summed E-state index contributed by atoms with van der Waals surface area (Å²) in [6, 6.07) is 10.2. The van der Waals surface area contributed by atoms with Crippen molar-refractivity contribution in [3.05, 3.63) is 35.9 Å². The molecular weight excluding hydrogens is 370 g/mol. The third-order valence-electron chi connectivity index (χ3n) is 5.99. The van der Waals surface area contributed by atoms with Crippen LogP contribution in [0.5, 0.6) is 0 Å². The summed E-state index contributed by atoms with van der Waals surface area (Å²) in [4.78, 5) is 31.9. The number of likely N-dealkylation sites (tertiary alicyclic amines) is 1. The molecule has 7 nitrogen and oxygen atoms in total. The van der Waals surface area contributed by atoms with Crippen molar-refractivity contribution in [1.82, 2.24) is 14.7 Å². The molecule has 160 valence electrons. The zero-order valence-electron chi connectivity index (χ0n) is 17.6. The number of piperazine rings is 1. The fourth-order valence-electron chi connectivity index (χ4n) is 4.33. The normalized spacial score (nSPS) is 23.2. The van der Waals surface area contributed by atoms with E-state index in [0.29, 0.717) is 19.7 Å². The number of hydrogen-bond acceptors (Lipinski definition) is 5. The van der Waals surface area contributed by atoms with Crippen LogP contribution >= 0.6 is 0 Å². The minimum atomic E-state index is -0.166. The fraction of sp³-hybridized carbons (Fsp3) is 0.636. The number of hydrogen-bond donors (Lipinski definition) is 0. The molecule has 2 unspecified atom stereocenters. The van der Waals surface area contributed by atoms with Crippen LogP contribution in [0.1, 0.15) is 17.9 Å². The first-order valence-electron chi connectivity index (χ1n) is 10.4. The van der Waals surface area contributed by atoms with Gasteiger partial charge in [0.1, 0.15) is 6.61 Å². The predicted octanol–water partition coefficient (Wildman–Crippen LogP) is 1.06. The monoisotopic (exact) mass is 403 g/mol. The van der Waals surface area contributed by atoms with Gasteiger partial charge < -0.3 is 19.3 Å². The lowest BCUT2D eigenvalue weighted by atomic mass is 9.83. The van der Waals surface area contributed by atoms with Gasteiger partial charge in [-0.3, -0.25) is 14.5 Å². The van der Waals surface area contributed by atoms with E-state index in [0.717, 1.165) is 39.1 Å². The molecule has 1 aromatic rings. The molecule has 29 heavy (non-hydrogen) atoms. The van der Waals surface area contributed by atoms with E-state index >= 15 is 0 Å². The van der Waals surface area contributed by atoms with Crippen LogP contribution in [0.15, 0.2) is 30.3 Å². The second-order valence-corrected chi connectivity index (χ2v) is 7.93. The third-order valence-corrected chi connectivity index (χ3v) is 5.99. The zero-order valence-corrected chi connectivity index (χ0v) is 17.6. The summed E-state index contributed by atoms with van der Waals surface area (Å²) in [6.45, 7) is 6.01. The van der Waals surface area contributed by atoms with Gasteiger partial charge in [-0.05, 0) is 12.0 Å². The van der Waals surface area contributed by atoms with Crippen molar-refractivity contribution >= 4 is 11.8 Å². The van der Waals surface area contributed by atoms with Gasteiger partial charge in [0, 0.05) is 66.0 Å². The maximum atomic E-state index is 13.3. The molecule has 2 aliphatic rings. The molecule has 3 rings (SSSR count). The number of rotatable bonds is 7. The highest BCUT2D eigenvalue weighted by atomic mass is 16.5. The van der Waals surface area contributed by atoms with Gasteiger partial charge in [0.05, 0.1) is 12.5 Å². The molecule has 2 heterocycles. The van der Waals surface area contributed by atoms with Gasteiger partial charge in [-0.1, -0.05) is 30.3 Å². The molecule has 0 aliphatic carbocycles. The van der Waals surface area contributed by atoms with E-state index in [1.54, 1.807) is 7.11 Å². The highest BCUT2D eigenvalue weighted by Crippen LogP contribution is 2.31. The second kappa shape index (κ2) is 10.7. The fourth-order valence-corrected chi connectivity index (χ4v) is 4.33. The van der Waals surface area contributed by atoms with Gasteiger partial charge in [-0.15, -0.1) is 0 Å². The molecule has 0 bridgehead atoms. The Bertz CT molecular complexity index is 661. The number of ether oxygens (including phenoxy) is 2. The predicted molar refractivity (Wildman–Crippen MR) is 111 cm³/mol. The topological polar surface area (TPSA) is 62.3 Å². The van der Waals surface area contributed by atoms with Gasteiger partial charge in [-0.25, -0.2) is 0 Å². The summed E-state index contributed by atoms with van der Waals surface area (Å²) in [5, 5.41) is 0. The minimum Gasteiger partial charge on any atom is -0.383 e. The van der Waals surface area contributed by atoms with Crippen LogP contribution in [0.2, 0.25) is 0 Å². The summed E-state index contributed by atoms with van der Waals surface area (Å²) < 4.78 is 10.2. The van der Waals surface area contributed by atoms with Crippen LogP contribution in [0.4, 0.5) is 0 Å². The molecule has 0 saturated carbocycles. The average molecular weight is 404 g/mol. The first-order chi connectivity index (χ1) is 14.1. The largest absolute Gasteiger partial charge is 0.383 e. The second-order valence-electron chi connectivity index (χ2n) is 7.93. The Kier molecular flexibility index (Phi) is 8.03. The van der Waals surface area contributed by atoms with Gasteiger partial charge in [-0.2, -0.15) is 0 Å². The molecule has 2 atom stereocenters. The van der Waals surface area contributed by atoms with Crippen molar-refractivity contribution in [1.29, 1.82) is 0 Å². The number of methoxy groups -OCH3 is 2. The lowest BCUT2D eigenvalue weighted by Gasteiger charge is -2.41. The summed E-state index contributed by atoms with van der Waals surface area (Å²) in [7, 11) is 3.24. The van der Waals surface area contributed by atoms with Crippen LogP contribution in [0.3, 0.4) is 0 Å². The third kappa shape index (κ3) is 5.78. The highest BCUT2D eigenvalue weighted by molar-refractivity contribution is 5.82. The molecule has 0 radical (unpaired) electrons. The standard InChI is InChI=1S/C22H33N3O4/c1-28-13-12-23-8-10-24(11-9-23)22(27)20-14-19(18-6-4-3-5-7-18)15-25(16-20)21(26)17-29-2/h3-7,19-20H,8-17H2,1-2H3. The molecular formula is C22H33N3O4. The Morgan fingerprint density at radius 1 is 0.966 bits per heavy atom. The van der Waals surface area contributed by atoms with Gasteiger partial charge in [0.2, 0.25) is 11.8 Å². The van der Waals surface area contributed by atoms with E-state index in [9.17, 15) is 9.59 Å². The quantitative estimate of drug-likeness (QED) is 0.681. The smallest absolute Gasteiger partial charge is 0.248 e. The molecule has 2 amide bonds. The van der Waals surface area contributed by atoms with Crippen LogP contribution < -0.4 is 0 Å². The summed E-state index contributed by atoms with van der Waals surface area (Å²) >= 11 is 0. The van der Waals surface area contributed by atoms with Crippen molar-refractivity contribution in [3.63, 3.8) is 0 Å². The number of piperidine rings is 1. The molecule has 2 saturated heterocycles. The molecule has 2 aliphatic heterocycles. The molecule has 0 N–H and O–H groups in total. The van der Waals surface area contributed by atoms with Crippen molar-refractivity contribution in [2.75, 3.05) is 73.2 Å². The Morgan fingerprint density at radius 2 is 1.69 bits per heavy atom. The van der Waals surface area contributed by atoms with Crippen LogP contribution in [0.25, 0.3) is 0 Å². The van der Waals surface area contributed by atoms with Crippen LogP contribution in [0, 0.1) is 5.92 Å².